The second-order valence-electron chi connectivity index (χ2n) is 6.50. The maximum atomic E-state index is 11.9. The highest BCUT2D eigenvalue weighted by molar-refractivity contribution is 7.89. The van der Waals surface area contributed by atoms with Crippen molar-refractivity contribution in [3.05, 3.63) is 41.5 Å². The third-order valence-corrected chi connectivity index (χ3v) is 5.12. The average Bonchev–Trinajstić information content (AvgIpc) is 3.31. The first-order chi connectivity index (χ1) is 14.2. The van der Waals surface area contributed by atoms with Gasteiger partial charge in [-0.05, 0) is 26.3 Å². The van der Waals surface area contributed by atoms with Gasteiger partial charge in [-0.2, -0.15) is 9.19 Å². The molecule has 3 rings (SSSR count). The molecule has 1 aromatic rings. The van der Waals surface area contributed by atoms with Crippen LogP contribution in [-0.4, -0.2) is 54.1 Å². The van der Waals surface area contributed by atoms with Crippen LogP contribution in [0.25, 0.3) is 0 Å². The average molecular weight is 447 g/mol. The Labute approximate surface area is 181 Å². The number of ether oxygens (including phenoxy) is 1. The lowest BCUT2D eigenvalue weighted by molar-refractivity contribution is 0.00507. The fourth-order valence-corrected chi connectivity index (χ4v) is 3.50. The normalized spacial score (nSPS) is 21.6. The number of halogens is 1. The molecule has 0 bridgehead atoms. The van der Waals surface area contributed by atoms with Gasteiger partial charge in [0.2, 0.25) is 0 Å². The Kier molecular flexibility index (Phi) is 13.7. The Morgan fingerprint density at radius 1 is 1.23 bits per heavy atom. The smallest absolute Gasteiger partial charge is 0.250 e. The minimum Gasteiger partial charge on any atom is -0.378 e. The van der Waals surface area contributed by atoms with Crippen molar-refractivity contribution >= 4 is 10.0 Å². The quantitative estimate of drug-likeness (QED) is 0.714. The van der Waals surface area contributed by atoms with Crippen molar-refractivity contribution in [2.45, 2.75) is 73.1 Å². The van der Waals surface area contributed by atoms with E-state index in [1.165, 1.54) is 12.2 Å². The summed E-state index contributed by atoms with van der Waals surface area (Å²) in [4.78, 5) is 2.25. The molecule has 2 N–H and O–H groups in total. The Morgan fingerprint density at radius 3 is 2.30 bits per heavy atom. The van der Waals surface area contributed by atoms with E-state index in [1.54, 1.807) is 26.1 Å². The SMILES string of the molecule is C/C=C\C(F)=C/C.CC.CC.CS(=O)(=O)n1cc2c(n1)CN(C1COCC(N)C1)C2. The first kappa shape index (κ1) is 28.5. The van der Waals surface area contributed by atoms with Crippen LogP contribution in [0.3, 0.4) is 0 Å². The standard InChI is InChI=1S/C11H18N4O3S.C6H9F.2C2H6/c1-19(16,17)15-4-8-3-14(5-11(8)13-15)10-2-9(12)6-18-7-10;1-3-5-6(7)4-2;2*1-2/h4,9-10H,2-3,5-7,12H2,1H3;3-5H,1-2H3;2*1-2H3/b;5-3-,6-4+;;. The van der Waals surface area contributed by atoms with E-state index in [0.717, 1.165) is 28.0 Å². The number of nitrogens with zero attached hydrogens (tertiary/aromatic N) is 3. The van der Waals surface area contributed by atoms with Gasteiger partial charge in [-0.3, -0.25) is 4.90 Å². The maximum Gasteiger partial charge on any atom is 0.250 e. The van der Waals surface area contributed by atoms with E-state index in [9.17, 15) is 12.8 Å². The topological polar surface area (TPSA) is 90.5 Å². The lowest BCUT2D eigenvalue weighted by atomic mass is 10.1. The van der Waals surface area contributed by atoms with Crippen LogP contribution in [0.1, 0.15) is 59.2 Å². The summed E-state index contributed by atoms with van der Waals surface area (Å²) in [6.45, 7) is 14.1. The third-order valence-electron chi connectivity index (χ3n) is 4.26. The van der Waals surface area contributed by atoms with Crippen LogP contribution in [0, 0.1) is 0 Å². The van der Waals surface area contributed by atoms with Crippen LogP contribution < -0.4 is 5.73 Å². The van der Waals surface area contributed by atoms with Crippen LogP contribution in [0.15, 0.2) is 30.3 Å². The minimum absolute atomic E-state index is 0.0858. The molecule has 1 saturated heterocycles. The highest BCUT2D eigenvalue weighted by Crippen LogP contribution is 2.26. The molecule has 174 valence electrons. The Bertz CT molecular complexity index is 752. The lowest BCUT2D eigenvalue weighted by Crippen LogP contribution is -2.46. The van der Waals surface area contributed by atoms with Gasteiger partial charge >= 0.3 is 0 Å². The van der Waals surface area contributed by atoms with Gasteiger partial charge in [-0.15, -0.1) is 0 Å². The zero-order chi connectivity index (χ0) is 23.3. The van der Waals surface area contributed by atoms with Gasteiger partial charge < -0.3 is 10.5 Å². The van der Waals surface area contributed by atoms with Crippen molar-refractivity contribution < 1.29 is 17.5 Å². The zero-order valence-electron chi connectivity index (χ0n) is 19.4. The van der Waals surface area contributed by atoms with E-state index >= 15 is 0 Å². The molecule has 9 heteroatoms. The second-order valence-corrected chi connectivity index (χ2v) is 8.34. The van der Waals surface area contributed by atoms with Gasteiger partial charge in [-0.1, -0.05) is 39.8 Å². The largest absolute Gasteiger partial charge is 0.378 e. The van der Waals surface area contributed by atoms with E-state index in [-0.39, 0.29) is 11.9 Å². The monoisotopic (exact) mass is 446 g/mol. The van der Waals surface area contributed by atoms with E-state index in [0.29, 0.717) is 32.3 Å². The van der Waals surface area contributed by atoms with Crippen molar-refractivity contribution in [2.75, 3.05) is 19.5 Å². The summed E-state index contributed by atoms with van der Waals surface area (Å²) in [5, 5.41) is 4.14. The fraction of sp³-hybridized carbons (Fsp3) is 0.667. The molecule has 2 atom stereocenters. The van der Waals surface area contributed by atoms with Gasteiger partial charge in [0.15, 0.2) is 0 Å². The van der Waals surface area contributed by atoms with Gasteiger partial charge in [0.25, 0.3) is 10.0 Å². The molecule has 1 aromatic heterocycles. The fourth-order valence-electron chi connectivity index (χ4n) is 2.93. The molecule has 3 heterocycles. The van der Waals surface area contributed by atoms with E-state index < -0.39 is 10.0 Å². The second kappa shape index (κ2) is 14.5. The van der Waals surface area contributed by atoms with Crippen molar-refractivity contribution in [2.24, 2.45) is 5.73 Å². The lowest BCUT2D eigenvalue weighted by Gasteiger charge is -2.33. The predicted octanol–water partition coefficient (Wildman–Crippen LogP) is 3.61. The van der Waals surface area contributed by atoms with Crippen LogP contribution in [0.2, 0.25) is 0 Å². The molecular formula is C21H39FN4O3S. The number of allylic oxidation sites excluding steroid dienone is 4. The van der Waals surface area contributed by atoms with Crippen molar-refractivity contribution in [3.63, 3.8) is 0 Å². The first-order valence-corrected chi connectivity index (χ1v) is 12.4. The number of hydrogen-bond acceptors (Lipinski definition) is 6. The molecule has 0 radical (unpaired) electrons. The molecule has 2 unspecified atom stereocenters. The predicted molar refractivity (Wildman–Crippen MR) is 121 cm³/mol. The highest BCUT2D eigenvalue weighted by Gasteiger charge is 2.32. The van der Waals surface area contributed by atoms with Gasteiger partial charge in [0, 0.05) is 36.9 Å². The maximum absolute atomic E-state index is 11.9. The van der Waals surface area contributed by atoms with E-state index in [4.69, 9.17) is 10.5 Å². The molecule has 0 amide bonds. The highest BCUT2D eigenvalue weighted by atomic mass is 32.2. The van der Waals surface area contributed by atoms with Crippen LogP contribution in [-0.2, 0) is 27.8 Å². The third kappa shape index (κ3) is 9.07. The Hall–Kier alpha value is -1.55. The Balaban J connectivity index is 0.000000650. The zero-order valence-corrected chi connectivity index (χ0v) is 20.2. The summed E-state index contributed by atoms with van der Waals surface area (Å²) in [6, 6.07) is 0.382. The summed E-state index contributed by atoms with van der Waals surface area (Å²) in [5.74, 6) is -0.178. The Morgan fingerprint density at radius 2 is 1.87 bits per heavy atom. The first-order valence-electron chi connectivity index (χ1n) is 10.5. The van der Waals surface area contributed by atoms with E-state index in [1.807, 2.05) is 27.7 Å². The molecule has 0 aliphatic carbocycles. The molecule has 0 saturated carbocycles. The summed E-state index contributed by atoms with van der Waals surface area (Å²) in [5.41, 5.74) is 7.72. The molecule has 2 aliphatic rings. The molecule has 1 fully saturated rings. The molecule has 7 nitrogen and oxygen atoms in total. The minimum atomic E-state index is -3.29. The number of nitrogens with two attached hydrogens (primary N) is 1. The summed E-state index contributed by atoms with van der Waals surface area (Å²) < 4.78 is 41.3. The molecule has 0 spiro atoms. The van der Waals surface area contributed by atoms with Crippen LogP contribution >= 0.6 is 0 Å². The number of fused-ring (bicyclic) bond motifs is 1. The van der Waals surface area contributed by atoms with Crippen molar-refractivity contribution in [1.82, 2.24) is 14.1 Å². The van der Waals surface area contributed by atoms with Crippen LogP contribution in [0.5, 0.6) is 0 Å². The van der Waals surface area contributed by atoms with Gasteiger partial charge in [0.1, 0.15) is 5.83 Å². The van der Waals surface area contributed by atoms with Gasteiger partial charge in [-0.25, -0.2) is 12.8 Å². The molecule has 2 aliphatic heterocycles. The van der Waals surface area contributed by atoms with Crippen LogP contribution in [0.4, 0.5) is 4.39 Å². The van der Waals surface area contributed by atoms with Crippen molar-refractivity contribution in [3.8, 4) is 0 Å². The number of rotatable bonds is 3. The number of aromatic nitrogens is 2. The summed E-state index contributed by atoms with van der Waals surface area (Å²) in [6.07, 6.45) is 8.17. The van der Waals surface area contributed by atoms with Crippen molar-refractivity contribution in [1.29, 1.82) is 0 Å². The molecular weight excluding hydrogens is 407 g/mol. The number of hydrogen-bond donors (Lipinski definition) is 1. The molecule has 0 aromatic carbocycles. The summed E-state index contributed by atoms with van der Waals surface area (Å²) >= 11 is 0. The van der Waals surface area contributed by atoms with E-state index in [2.05, 4.69) is 10.00 Å². The molecule has 30 heavy (non-hydrogen) atoms. The summed E-state index contributed by atoms with van der Waals surface area (Å²) in [7, 11) is -3.29. The van der Waals surface area contributed by atoms with Gasteiger partial charge in [0.05, 0.1) is 25.2 Å².